The van der Waals surface area contributed by atoms with Crippen LogP contribution in [0.2, 0.25) is 0 Å². The normalized spacial score (nSPS) is 25.0. The van der Waals surface area contributed by atoms with Crippen molar-refractivity contribution in [3.8, 4) is 0 Å². The molecule has 1 saturated carbocycles. The third-order valence-corrected chi connectivity index (χ3v) is 6.50. The second-order valence-electron chi connectivity index (χ2n) is 6.25. The van der Waals surface area contributed by atoms with Crippen LogP contribution in [0.15, 0.2) is 17.1 Å². The second-order valence-corrected chi connectivity index (χ2v) is 8.59. The Morgan fingerprint density at radius 1 is 1.30 bits per heavy atom. The Labute approximate surface area is 130 Å². The van der Waals surface area contributed by atoms with Crippen LogP contribution in [-0.2, 0) is 6.42 Å². The van der Waals surface area contributed by atoms with Crippen molar-refractivity contribution in [3.05, 3.63) is 21.9 Å². The van der Waals surface area contributed by atoms with Crippen molar-refractivity contribution in [2.75, 3.05) is 5.75 Å². The summed E-state index contributed by atoms with van der Waals surface area (Å²) in [7, 11) is 0. The molecule has 0 aromatic carbocycles. The number of hydrogen-bond acceptors (Lipinski definition) is 3. The van der Waals surface area contributed by atoms with E-state index in [0.29, 0.717) is 11.6 Å². The van der Waals surface area contributed by atoms with Gasteiger partial charge in [-0.2, -0.15) is 0 Å². The van der Waals surface area contributed by atoms with Crippen LogP contribution < -0.4 is 5.32 Å². The fourth-order valence-corrected chi connectivity index (χ4v) is 5.53. The summed E-state index contributed by atoms with van der Waals surface area (Å²) in [6.45, 7) is 4.40. The van der Waals surface area contributed by atoms with E-state index in [0.717, 1.165) is 6.42 Å². The van der Waals surface area contributed by atoms with Gasteiger partial charge in [0.25, 0.3) is 0 Å². The van der Waals surface area contributed by atoms with E-state index < -0.39 is 0 Å². The fourth-order valence-electron chi connectivity index (χ4n) is 3.20. The smallest absolute Gasteiger partial charge is 0.157 e. The van der Waals surface area contributed by atoms with Crippen molar-refractivity contribution < 1.29 is 0 Å². The van der Waals surface area contributed by atoms with E-state index in [9.17, 15) is 0 Å². The summed E-state index contributed by atoms with van der Waals surface area (Å²) in [4.78, 5) is 7.76. The van der Waals surface area contributed by atoms with Crippen molar-refractivity contribution in [1.29, 1.82) is 0 Å². The molecule has 1 aliphatic carbocycles. The number of hydrogen-bond donors (Lipinski definition) is 1. The van der Waals surface area contributed by atoms with E-state index in [-0.39, 0.29) is 0 Å². The molecule has 2 nitrogen and oxygen atoms in total. The molecule has 0 amide bonds. The van der Waals surface area contributed by atoms with Crippen LogP contribution in [0.5, 0.6) is 0 Å². The first-order valence-corrected chi connectivity index (χ1v) is 9.50. The molecule has 0 bridgehead atoms. The molecule has 110 valence electrons. The highest BCUT2D eigenvalue weighted by atomic mass is 32.2. The number of nitrogens with zero attached hydrogens (tertiary/aromatic N) is 1. The quantitative estimate of drug-likeness (QED) is 0.896. The molecule has 2 aliphatic rings. The van der Waals surface area contributed by atoms with Crippen molar-refractivity contribution in [2.24, 2.45) is 4.99 Å². The van der Waals surface area contributed by atoms with Gasteiger partial charge in [-0.1, -0.05) is 31.0 Å². The molecule has 1 aliphatic heterocycles. The first kappa shape index (κ1) is 14.5. The molecule has 1 spiro atoms. The van der Waals surface area contributed by atoms with Gasteiger partial charge in [-0.25, -0.2) is 0 Å². The van der Waals surface area contributed by atoms with Crippen LogP contribution >= 0.6 is 23.1 Å². The third kappa shape index (κ3) is 3.40. The predicted octanol–water partition coefficient (Wildman–Crippen LogP) is 4.38. The lowest BCUT2D eigenvalue weighted by Crippen LogP contribution is -2.45. The molecular formula is C16H24N2S2. The molecule has 3 rings (SSSR count). The molecule has 1 unspecified atom stereocenters. The molecule has 1 atom stereocenters. The van der Waals surface area contributed by atoms with Gasteiger partial charge in [0.1, 0.15) is 0 Å². The zero-order valence-corrected chi connectivity index (χ0v) is 14.1. The number of aliphatic imine (C=N–C) groups is 1. The maximum atomic E-state index is 4.91. The van der Waals surface area contributed by atoms with Crippen molar-refractivity contribution in [3.63, 3.8) is 0 Å². The minimum Gasteiger partial charge on any atom is -0.359 e. The number of aryl methyl sites for hydroxylation is 1. The Balaban J connectivity index is 1.58. The summed E-state index contributed by atoms with van der Waals surface area (Å²) >= 11 is 3.83. The van der Waals surface area contributed by atoms with Gasteiger partial charge in [0.05, 0.1) is 6.04 Å². The first-order chi connectivity index (χ1) is 9.65. The summed E-state index contributed by atoms with van der Waals surface area (Å²) in [6.07, 6.45) is 7.90. The van der Waals surface area contributed by atoms with Gasteiger partial charge in [0.15, 0.2) is 5.17 Å². The Kier molecular flexibility index (Phi) is 4.41. The van der Waals surface area contributed by atoms with Crippen LogP contribution in [0.25, 0.3) is 0 Å². The van der Waals surface area contributed by atoms with Crippen molar-refractivity contribution >= 4 is 28.3 Å². The molecule has 1 aromatic heterocycles. The van der Waals surface area contributed by atoms with E-state index in [1.165, 1.54) is 52.8 Å². The van der Waals surface area contributed by atoms with Gasteiger partial charge >= 0.3 is 0 Å². The van der Waals surface area contributed by atoms with Crippen LogP contribution in [0.3, 0.4) is 0 Å². The summed E-state index contributed by atoms with van der Waals surface area (Å²) in [5.41, 5.74) is 0.376. The topological polar surface area (TPSA) is 24.4 Å². The molecule has 1 N–H and O–H groups in total. The average molecular weight is 309 g/mol. The maximum absolute atomic E-state index is 4.91. The lowest BCUT2D eigenvalue weighted by Gasteiger charge is -2.32. The number of rotatable bonds is 3. The lowest BCUT2D eigenvalue weighted by atomic mass is 9.83. The number of nitrogens with one attached hydrogen (secondary N) is 1. The van der Waals surface area contributed by atoms with Gasteiger partial charge in [-0.15, -0.1) is 11.3 Å². The van der Waals surface area contributed by atoms with Gasteiger partial charge in [-0.05, 0) is 38.8 Å². The number of amidine groups is 1. The second kappa shape index (κ2) is 6.10. The van der Waals surface area contributed by atoms with Crippen LogP contribution in [-0.4, -0.2) is 22.5 Å². The largest absolute Gasteiger partial charge is 0.359 e. The first-order valence-electron chi connectivity index (χ1n) is 7.69. The Morgan fingerprint density at radius 2 is 2.10 bits per heavy atom. The molecular weight excluding hydrogens is 284 g/mol. The fraction of sp³-hybridized carbons (Fsp3) is 0.688. The summed E-state index contributed by atoms with van der Waals surface area (Å²) < 4.78 is 0. The maximum Gasteiger partial charge on any atom is 0.157 e. The van der Waals surface area contributed by atoms with Gasteiger partial charge < -0.3 is 5.32 Å². The zero-order valence-electron chi connectivity index (χ0n) is 12.4. The Morgan fingerprint density at radius 3 is 2.80 bits per heavy atom. The van der Waals surface area contributed by atoms with Gasteiger partial charge in [0, 0.05) is 27.5 Å². The van der Waals surface area contributed by atoms with Gasteiger partial charge in [0.2, 0.25) is 0 Å². The van der Waals surface area contributed by atoms with E-state index >= 15 is 0 Å². The lowest BCUT2D eigenvalue weighted by molar-refractivity contribution is 0.303. The standard InChI is InChI=1S/C16H24N2S2/c1-12(10-14-7-6-13(2)20-14)17-15-18-16(11-19-15)8-4-3-5-9-16/h6-7,12H,3-5,8-11H2,1-2H3,(H,17,18). The zero-order chi connectivity index (χ0) is 14.0. The average Bonchev–Trinajstić information content (AvgIpc) is 2.98. The molecule has 2 fully saturated rings. The van der Waals surface area contributed by atoms with Crippen LogP contribution in [0.4, 0.5) is 0 Å². The minimum absolute atomic E-state index is 0.376. The van der Waals surface area contributed by atoms with E-state index in [2.05, 4.69) is 31.3 Å². The summed E-state index contributed by atoms with van der Waals surface area (Å²) in [5.74, 6) is 1.22. The van der Waals surface area contributed by atoms with Crippen molar-refractivity contribution in [2.45, 2.75) is 64.0 Å². The Hall–Kier alpha value is -0.480. The van der Waals surface area contributed by atoms with E-state index in [1.807, 2.05) is 23.1 Å². The molecule has 1 saturated heterocycles. The molecule has 4 heteroatoms. The van der Waals surface area contributed by atoms with Gasteiger partial charge in [-0.3, -0.25) is 4.99 Å². The monoisotopic (exact) mass is 308 g/mol. The summed E-state index contributed by atoms with van der Waals surface area (Å²) in [6, 6.07) is 4.83. The highest BCUT2D eigenvalue weighted by Gasteiger charge is 2.38. The number of thioether (sulfide) groups is 1. The Bertz CT molecular complexity index is 486. The molecule has 2 heterocycles. The molecule has 0 radical (unpaired) electrons. The third-order valence-electron chi connectivity index (χ3n) is 4.30. The van der Waals surface area contributed by atoms with E-state index in [4.69, 9.17) is 4.99 Å². The van der Waals surface area contributed by atoms with Crippen LogP contribution in [0, 0.1) is 6.92 Å². The molecule has 1 aromatic rings. The minimum atomic E-state index is 0.376. The van der Waals surface area contributed by atoms with E-state index in [1.54, 1.807) is 0 Å². The predicted molar refractivity (Wildman–Crippen MR) is 91.1 cm³/mol. The summed E-state index contributed by atoms with van der Waals surface area (Å²) in [5, 5.41) is 4.93. The van der Waals surface area contributed by atoms with Crippen molar-refractivity contribution in [1.82, 2.24) is 5.32 Å². The highest BCUT2D eigenvalue weighted by Crippen LogP contribution is 2.36. The highest BCUT2D eigenvalue weighted by molar-refractivity contribution is 8.14. The van der Waals surface area contributed by atoms with Crippen LogP contribution in [0.1, 0.15) is 48.8 Å². The molecule has 20 heavy (non-hydrogen) atoms. The SMILES string of the molecule is Cc1ccc(CC(C)N=C2NC3(CCCCC3)CS2)s1. The number of thiophene rings is 1.